The lowest BCUT2D eigenvalue weighted by Crippen LogP contribution is -2.44. The lowest BCUT2D eigenvalue weighted by molar-refractivity contribution is 0.0945. The van der Waals surface area contributed by atoms with Crippen LogP contribution >= 0.6 is 0 Å². The third-order valence-electron chi connectivity index (χ3n) is 4.02. The lowest BCUT2D eigenvalue weighted by atomic mass is 9.89. The summed E-state index contributed by atoms with van der Waals surface area (Å²) in [5, 5.41) is 9.17. The number of rotatable bonds is 1. The van der Waals surface area contributed by atoms with Gasteiger partial charge in [-0.05, 0) is 24.7 Å². The second kappa shape index (κ2) is 3.35. The highest BCUT2D eigenvalue weighted by molar-refractivity contribution is 5.67. The van der Waals surface area contributed by atoms with Crippen LogP contribution in [-0.2, 0) is 4.74 Å². The van der Waals surface area contributed by atoms with Crippen LogP contribution in [0.2, 0.25) is 0 Å². The lowest BCUT2D eigenvalue weighted by Gasteiger charge is -2.33. The van der Waals surface area contributed by atoms with Crippen LogP contribution in [0, 0.1) is 5.41 Å². The predicted molar refractivity (Wildman–Crippen MR) is 54.3 cm³/mol. The van der Waals surface area contributed by atoms with Crippen molar-refractivity contribution in [3.63, 3.8) is 0 Å². The number of ether oxygens (including phenoxy) is 1. The molecule has 1 unspecified atom stereocenters. The van der Waals surface area contributed by atoms with Crippen LogP contribution in [0.25, 0.3) is 0 Å². The molecule has 2 fully saturated rings. The SMILES string of the molecule is COC(=O)N1CCC2(CC1)CC2(N)CO. The van der Waals surface area contributed by atoms with Gasteiger partial charge in [-0.15, -0.1) is 0 Å². The van der Waals surface area contributed by atoms with E-state index >= 15 is 0 Å². The number of amides is 1. The molecule has 5 nitrogen and oxygen atoms in total. The number of carbonyl (C=O) groups excluding carboxylic acids is 1. The molecule has 3 N–H and O–H groups in total. The van der Waals surface area contributed by atoms with Crippen molar-refractivity contribution < 1.29 is 14.6 Å². The first-order chi connectivity index (χ1) is 7.07. The number of methoxy groups -OCH3 is 1. The van der Waals surface area contributed by atoms with Gasteiger partial charge in [-0.25, -0.2) is 4.79 Å². The molecule has 1 spiro atoms. The van der Waals surface area contributed by atoms with Crippen molar-refractivity contribution in [2.45, 2.75) is 24.8 Å². The molecule has 2 rings (SSSR count). The fourth-order valence-corrected chi connectivity index (χ4v) is 2.70. The number of carbonyl (C=O) groups is 1. The molecule has 2 aliphatic rings. The Kier molecular flexibility index (Phi) is 2.39. The Labute approximate surface area is 89.2 Å². The zero-order valence-electron chi connectivity index (χ0n) is 9.03. The Morgan fingerprint density at radius 1 is 1.53 bits per heavy atom. The summed E-state index contributed by atoms with van der Waals surface area (Å²) >= 11 is 0. The highest BCUT2D eigenvalue weighted by atomic mass is 16.5. The fraction of sp³-hybridized carbons (Fsp3) is 0.900. The van der Waals surface area contributed by atoms with Crippen molar-refractivity contribution in [2.75, 3.05) is 26.8 Å². The molecule has 0 radical (unpaired) electrons. The minimum Gasteiger partial charge on any atom is -0.453 e. The Bertz CT molecular complexity index is 274. The summed E-state index contributed by atoms with van der Waals surface area (Å²) in [6.45, 7) is 1.42. The molecule has 0 bridgehead atoms. The molecule has 1 aliphatic heterocycles. The second-order valence-corrected chi connectivity index (χ2v) is 4.73. The Morgan fingerprint density at radius 2 is 2.13 bits per heavy atom. The number of aliphatic hydroxyl groups excluding tert-OH is 1. The van der Waals surface area contributed by atoms with E-state index in [4.69, 9.17) is 5.73 Å². The van der Waals surface area contributed by atoms with Gasteiger partial charge in [-0.1, -0.05) is 0 Å². The molecule has 1 atom stereocenters. The Balaban J connectivity index is 1.91. The van der Waals surface area contributed by atoms with E-state index < -0.39 is 5.54 Å². The van der Waals surface area contributed by atoms with E-state index in [0.29, 0.717) is 13.1 Å². The van der Waals surface area contributed by atoms with Gasteiger partial charge in [-0.2, -0.15) is 0 Å². The Morgan fingerprint density at radius 3 is 2.53 bits per heavy atom. The standard InChI is InChI=1S/C10H18N2O3/c1-15-8(14)12-4-2-9(3-5-12)6-10(9,11)7-13/h13H,2-7,11H2,1H3. The van der Waals surface area contributed by atoms with Gasteiger partial charge >= 0.3 is 6.09 Å². The number of aliphatic hydroxyl groups is 1. The average Bonchev–Trinajstić information content (AvgIpc) is 2.84. The first kappa shape index (κ1) is 10.7. The van der Waals surface area contributed by atoms with Crippen LogP contribution < -0.4 is 5.73 Å². The summed E-state index contributed by atoms with van der Waals surface area (Å²) in [5.74, 6) is 0. The van der Waals surface area contributed by atoms with Gasteiger partial charge in [-0.3, -0.25) is 0 Å². The Hall–Kier alpha value is -0.810. The van der Waals surface area contributed by atoms with Crippen LogP contribution in [0.3, 0.4) is 0 Å². The van der Waals surface area contributed by atoms with Crippen LogP contribution in [0.4, 0.5) is 4.79 Å². The van der Waals surface area contributed by atoms with Crippen molar-refractivity contribution in [3.05, 3.63) is 0 Å². The molecule has 1 aliphatic carbocycles. The van der Waals surface area contributed by atoms with E-state index in [1.807, 2.05) is 0 Å². The van der Waals surface area contributed by atoms with E-state index in [1.165, 1.54) is 7.11 Å². The number of nitrogens with zero attached hydrogens (tertiary/aromatic N) is 1. The van der Waals surface area contributed by atoms with Crippen molar-refractivity contribution >= 4 is 6.09 Å². The fourth-order valence-electron chi connectivity index (χ4n) is 2.70. The van der Waals surface area contributed by atoms with E-state index in [9.17, 15) is 9.90 Å². The number of hydrogen-bond acceptors (Lipinski definition) is 4. The molecule has 1 heterocycles. The maximum atomic E-state index is 11.3. The minimum absolute atomic E-state index is 0.0468. The van der Waals surface area contributed by atoms with Crippen molar-refractivity contribution in [1.82, 2.24) is 4.90 Å². The molecule has 86 valence electrons. The summed E-state index contributed by atoms with van der Waals surface area (Å²) in [6.07, 6.45) is 2.36. The largest absolute Gasteiger partial charge is 0.453 e. The van der Waals surface area contributed by atoms with Gasteiger partial charge in [0.2, 0.25) is 0 Å². The van der Waals surface area contributed by atoms with Gasteiger partial charge in [0.25, 0.3) is 0 Å². The van der Waals surface area contributed by atoms with Gasteiger partial charge in [0, 0.05) is 18.6 Å². The van der Waals surface area contributed by atoms with Gasteiger partial charge in [0.15, 0.2) is 0 Å². The predicted octanol–water partition coefficient (Wildman–Crippen LogP) is -0.0715. The van der Waals surface area contributed by atoms with E-state index in [-0.39, 0.29) is 18.1 Å². The molecule has 15 heavy (non-hydrogen) atoms. The molecular weight excluding hydrogens is 196 g/mol. The average molecular weight is 214 g/mol. The van der Waals surface area contributed by atoms with Gasteiger partial charge in [0.05, 0.1) is 13.7 Å². The zero-order valence-corrected chi connectivity index (χ0v) is 9.03. The first-order valence-electron chi connectivity index (χ1n) is 5.30. The normalized spacial score (nSPS) is 32.9. The maximum absolute atomic E-state index is 11.3. The molecule has 5 heteroatoms. The van der Waals surface area contributed by atoms with Crippen molar-refractivity contribution in [2.24, 2.45) is 11.1 Å². The number of likely N-dealkylation sites (tertiary alicyclic amines) is 1. The molecule has 1 saturated heterocycles. The zero-order chi connectivity index (χ0) is 11.1. The highest BCUT2D eigenvalue weighted by Crippen LogP contribution is 2.60. The summed E-state index contributed by atoms with van der Waals surface area (Å²) in [7, 11) is 1.39. The maximum Gasteiger partial charge on any atom is 0.409 e. The third kappa shape index (κ3) is 1.50. The minimum atomic E-state index is -0.394. The van der Waals surface area contributed by atoms with Crippen LogP contribution in [0.5, 0.6) is 0 Å². The van der Waals surface area contributed by atoms with Gasteiger partial charge in [0.1, 0.15) is 0 Å². The molecule has 1 saturated carbocycles. The monoisotopic (exact) mass is 214 g/mol. The number of nitrogens with two attached hydrogens (primary N) is 1. The van der Waals surface area contributed by atoms with Crippen molar-refractivity contribution in [3.8, 4) is 0 Å². The van der Waals surface area contributed by atoms with Crippen LogP contribution in [-0.4, -0.2) is 48.4 Å². The first-order valence-corrected chi connectivity index (χ1v) is 5.30. The quantitative estimate of drug-likeness (QED) is 0.640. The van der Waals surface area contributed by atoms with E-state index in [0.717, 1.165) is 19.3 Å². The highest BCUT2D eigenvalue weighted by Gasteiger charge is 2.65. The smallest absolute Gasteiger partial charge is 0.409 e. The third-order valence-corrected chi connectivity index (χ3v) is 4.02. The molecule has 0 aromatic rings. The van der Waals surface area contributed by atoms with E-state index in [2.05, 4.69) is 4.74 Å². The molecule has 0 aromatic heterocycles. The topological polar surface area (TPSA) is 75.8 Å². The molecule has 1 amide bonds. The van der Waals surface area contributed by atoms with Gasteiger partial charge < -0.3 is 20.5 Å². The summed E-state index contributed by atoms with van der Waals surface area (Å²) in [5.41, 5.74) is 5.71. The molecule has 0 aromatic carbocycles. The summed E-state index contributed by atoms with van der Waals surface area (Å²) < 4.78 is 4.66. The van der Waals surface area contributed by atoms with E-state index in [1.54, 1.807) is 4.90 Å². The summed E-state index contributed by atoms with van der Waals surface area (Å²) in [6, 6.07) is 0. The summed E-state index contributed by atoms with van der Waals surface area (Å²) in [4.78, 5) is 12.9. The second-order valence-electron chi connectivity index (χ2n) is 4.73. The number of piperidine rings is 1. The van der Waals surface area contributed by atoms with Crippen LogP contribution in [0.1, 0.15) is 19.3 Å². The molecular formula is C10H18N2O3. The van der Waals surface area contributed by atoms with Crippen LogP contribution in [0.15, 0.2) is 0 Å². The van der Waals surface area contributed by atoms with Crippen molar-refractivity contribution in [1.29, 1.82) is 0 Å². The number of hydrogen-bond donors (Lipinski definition) is 2.